The number of para-hydroxylation sites is 1. The largest absolute Gasteiger partial charge is 0.496 e. The van der Waals surface area contributed by atoms with Crippen LogP contribution in [0.2, 0.25) is 0 Å². The number of unbranched alkanes of at least 4 members (excludes halogenated alkanes) is 7. The van der Waals surface area contributed by atoms with Crippen molar-refractivity contribution in [1.82, 2.24) is 0 Å². The topological polar surface area (TPSA) is 57.1 Å². The van der Waals surface area contributed by atoms with Crippen molar-refractivity contribution in [3.05, 3.63) is 77.5 Å². The number of carbonyl (C=O) groups is 1. The SMILES string of the molecule is CCCCCCCCCCOc1ccc(C2=N/C(=C\C=C\c3ccccc3OC)C(=O)O2)cc1. The van der Waals surface area contributed by atoms with Gasteiger partial charge < -0.3 is 14.2 Å². The number of carbonyl (C=O) groups excluding carboxylic acids is 1. The van der Waals surface area contributed by atoms with E-state index in [9.17, 15) is 4.79 Å². The van der Waals surface area contributed by atoms with E-state index in [4.69, 9.17) is 14.2 Å². The fourth-order valence-electron chi connectivity index (χ4n) is 3.71. The predicted octanol–water partition coefficient (Wildman–Crippen LogP) is 7.12. The van der Waals surface area contributed by atoms with Crippen LogP contribution in [-0.2, 0) is 9.53 Å². The van der Waals surface area contributed by atoms with E-state index in [1.807, 2.05) is 54.6 Å². The monoisotopic (exact) mass is 461 g/mol. The lowest BCUT2D eigenvalue weighted by Crippen LogP contribution is -2.05. The average molecular weight is 462 g/mol. The van der Waals surface area contributed by atoms with Crippen LogP contribution in [0.15, 0.2) is 71.4 Å². The van der Waals surface area contributed by atoms with Crippen LogP contribution in [0.3, 0.4) is 0 Å². The molecule has 0 unspecified atom stereocenters. The van der Waals surface area contributed by atoms with Gasteiger partial charge in [-0.15, -0.1) is 0 Å². The number of aliphatic imine (C=N–C) groups is 1. The molecule has 5 heteroatoms. The van der Waals surface area contributed by atoms with Crippen molar-refractivity contribution in [2.24, 2.45) is 4.99 Å². The first-order chi connectivity index (χ1) is 16.7. The quantitative estimate of drug-likeness (QED) is 0.171. The van der Waals surface area contributed by atoms with Gasteiger partial charge in [0.05, 0.1) is 13.7 Å². The van der Waals surface area contributed by atoms with Gasteiger partial charge in [0, 0.05) is 11.1 Å². The van der Waals surface area contributed by atoms with E-state index < -0.39 is 5.97 Å². The Balaban J connectivity index is 1.47. The number of rotatable bonds is 14. The molecule has 0 aromatic heterocycles. The van der Waals surface area contributed by atoms with Gasteiger partial charge in [-0.1, -0.05) is 82.2 Å². The van der Waals surface area contributed by atoms with E-state index in [0.29, 0.717) is 5.90 Å². The first-order valence-corrected chi connectivity index (χ1v) is 12.3. The molecule has 3 rings (SSSR count). The van der Waals surface area contributed by atoms with Crippen molar-refractivity contribution in [1.29, 1.82) is 0 Å². The third-order valence-electron chi connectivity index (χ3n) is 5.66. The average Bonchev–Trinajstić information content (AvgIpc) is 3.24. The number of allylic oxidation sites excluding steroid dienone is 2. The number of hydrogen-bond acceptors (Lipinski definition) is 5. The van der Waals surface area contributed by atoms with Crippen molar-refractivity contribution in [2.45, 2.75) is 58.3 Å². The molecular weight excluding hydrogens is 426 g/mol. The van der Waals surface area contributed by atoms with Gasteiger partial charge in [0.1, 0.15) is 11.5 Å². The van der Waals surface area contributed by atoms with Gasteiger partial charge >= 0.3 is 5.97 Å². The Morgan fingerprint density at radius 1 is 0.912 bits per heavy atom. The van der Waals surface area contributed by atoms with E-state index in [1.165, 1.54) is 44.9 Å². The fourth-order valence-corrected chi connectivity index (χ4v) is 3.71. The normalized spacial score (nSPS) is 14.5. The number of esters is 1. The van der Waals surface area contributed by atoms with Crippen LogP contribution in [0, 0.1) is 0 Å². The van der Waals surface area contributed by atoms with Crippen molar-refractivity contribution in [3.63, 3.8) is 0 Å². The van der Waals surface area contributed by atoms with E-state index in [1.54, 1.807) is 19.3 Å². The highest BCUT2D eigenvalue weighted by molar-refractivity contribution is 6.11. The number of methoxy groups -OCH3 is 1. The molecule has 1 aliphatic heterocycles. The highest BCUT2D eigenvalue weighted by Gasteiger charge is 2.23. The molecule has 0 N–H and O–H groups in total. The number of hydrogen-bond donors (Lipinski definition) is 0. The Kier molecular flexibility index (Phi) is 10.4. The molecule has 0 saturated heterocycles. The van der Waals surface area contributed by atoms with Gasteiger partial charge in [-0.2, -0.15) is 0 Å². The summed E-state index contributed by atoms with van der Waals surface area (Å²) < 4.78 is 16.5. The molecule has 0 atom stereocenters. The minimum Gasteiger partial charge on any atom is -0.496 e. The number of nitrogens with zero attached hydrogens (tertiary/aromatic N) is 1. The molecular formula is C29H35NO4. The summed E-state index contributed by atoms with van der Waals surface area (Å²) in [5, 5.41) is 0. The van der Waals surface area contributed by atoms with E-state index in [-0.39, 0.29) is 5.70 Å². The van der Waals surface area contributed by atoms with Crippen molar-refractivity contribution in [3.8, 4) is 11.5 Å². The second-order valence-electron chi connectivity index (χ2n) is 8.31. The molecule has 0 radical (unpaired) electrons. The summed E-state index contributed by atoms with van der Waals surface area (Å²) in [4.78, 5) is 16.6. The lowest BCUT2D eigenvalue weighted by atomic mass is 10.1. The van der Waals surface area contributed by atoms with E-state index in [2.05, 4.69) is 11.9 Å². The third-order valence-corrected chi connectivity index (χ3v) is 5.66. The van der Waals surface area contributed by atoms with Crippen LogP contribution in [-0.4, -0.2) is 25.6 Å². The minimum absolute atomic E-state index is 0.260. The summed E-state index contributed by atoms with van der Waals surface area (Å²) >= 11 is 0. The molecule has 180 valence electrons. The second kappa shape index (κ2) is 14.0. The smallest absolute Gasteiger partial charge is 0.363 e. The molecule has 5 nitrogen and oxygen atoms in total. The highest BCUT2D eigenvalue weighted by atomic mass is 16.6. The molecule has 0 aliphatic carbocycles. The molecule has 1 aliphatic rings. The molecule has 0 amide bonds. The Hall–Kier alpha value is -3.34. The molecule has 34 heavy (non-hydrogen) atoms. The maximum absolute atomic E-state index is 12.2. The standard InChI is InChI=1S/C29H35NO4/c1-3-4-5-6-7-8-9-12-22-33-25-20-18-24(19-21-25)28-30-26(29(31)34-28)16-13-15-23-14-10-11-17-27(23)32-2/h10-11,13-21H,3-9,12,22H2,1-2H3/b15-13+,26-16-. The van der Waals surface area contributed by atoms with Crippen LogP contribution in [0.5, 0.6) is 11.5 Å². The van der Waals surface area contributed by atoms with Gasteiger partial charge in [0.2, 0.25) is 5.90 Å². The van der Waals surface area contributed by atoms with Crippen molar-refractivity contribution in [2.75, 3.05) is 13.7 Å². The minimum atomic E-state index is -0.463. The zero-order valence-electron chi connectivity index (χ0n) is 20.3. The highest BCUT2D eigenvalue weighted by Crippen LogP contribution is 2.21. The summed E-state index contributed by atoms with van der Waals surface area (Å²) in [6, 6.07) is 15.2. The Bertz CT molecular complexity index is 1010. The number of ether oxygens (including phenoxy) is 3. The van der Waals surface area contributed by atoms with Crippen LogP contribution < -0.4 is 9.47 Å². The fraction of sp³-hybridized carbons (Fsp3) is 0.379. The first-order valence-electron chi connectivity index (χ1n) is 12.3. The Labute approximate surface area is 203 Å². The molecule has 0 fully saturated rings. The molecule has 2 aromatic carbocycles. The van der Waals surface area contributed by atoms with Gasteiger partial charge in [-0.3, -0.25) is 0 Å². The van der Waals surface area contributed by atoms with Gasteiger partial charge in [0.15, 0.2) is 5.70 Å². The summed E-state index contributed by atoms with van der Waals surface area (Å²) in [5.41, 5.74) is 1.92. The summed E-state index contributed by atoms with van der Waals surface area (Å²) in [7, 11) is 1.63. The second-order valence-corrected chi connectivity index (χ2v) is 8.31. The Morgan fingerprint density at radius 3 is 2.35 bits per heavy atom. The van der Waals surface area contributed by atoms with Gasteiger partial charge in [-0.05, 0) is 42.8 Å². The first kappa shape index (κ1) is 25.3. The Morgan fingerprint density at radius 2 is 1.62 bits per heavy atom. The molecule has 1 heterocycles. The summed E-state index contributed by atoms with van der Waals surface area (Å²) in [6.45, 7) is 2.96. The molecule has 2 aromatic rings. The van der Waals surface area contributed by atoms with Gasteiger partial charge in [-0.25, -0.2) is 9.79 Å². The summed E-state index contributed by atoms with van der Waals surface area (Å²) in [6.07, 6.45) is 15.5. The number of cyclic esters (lactones) is 1. The van der Waals surface area contributed by atoms with Gasteiger partial charge in [0.25, 0.3) is 0 Å². The van der Waals surface area contributed by atoms with Crippen LogP contribution >= 0.6 is 0 Å². The molecule has 0 bridgehead atoms. The van der Waals surface area contributed by atoms with Crippen molar-refractivity contribution < 1.29 is 19.0 Å². The maximum Gasteiger partial charge on any atom is 0.363 e. The van der Waals surface area contributed by atoms with Crippen LogP contribution in [0.25, 0.3) is 6.08 Å². The predicted molar refractivity (Wildman–Crippen MR) is 137 cm³/mol. The van der Waals surface area contributed by atoms with E-state index in [0.717, 1.165) is 35.7 Å². The van der Waals surface area contributed by atoms with Crippen molar-refractivity contribution >= 4 is 17.9 Å². The third kappa shape index (κ3) is 7.91. The lowest BCUT2D eigenvalue weighted by Gasteiger charge is -2.07. The lowest BCUT2D eigenvalue weighted by molar-refractivity contribution is -0.130. The zero-order valence-corrected chi connectivity index (χ0v) is 20.3. The zero-order chi connectivity index (χ0) is 24.0. The van der Waals surface area contributed by atoms with E-state index >= 15 is 0 Å². The molecule has 0 saturated carbocycles. The maximum atomic E-state index is 12.2. The number of benzene rings is 2. The van der Waals surface area contributed by atoms with Crippen LogP contribution in [0.4, 0.5) is 0 Å². The van der Waals surface area contributed by atoms with Crippen LogP contribution in [0.1, 0.15) is 69.4 Å². The molecule has 0 spiro atoms. The summed E-state index contributed by atoms with van der Waals surface area (Å²) in [5.74, 6) is 1.42.